The maximum absolute atomic E-state index is 12.4. The molecule has 0 radical (unpaired) electrons. The van der Waals surface area contributed by atoms with E-state index in [0.29, 0.717) is 17.6 Å². The molecule has 0 saturated carbocycles. The Balaban J connectivity index is 0.000000960. The molecule has 1 aromatic carbocycles. The normalized spacial score (nSPS) is 27.6. The lowest BCUT2D eigenvalue weighted by atomic mass is 10.0. The molecule has 5 heteroatoms. The molecule has 3 atom stereocenters. The van der Waals surface area contributed by atoms with E-state index in [0.717, 1.165) is 23.7 Å². The molecule has 2 fully saturated rings. The van der Waals surface area contributed by atoms with Gasteiger partial charge in [0.15, 0.2) is 0 Å². The summed E-state index contributed by atoms with van der Waals surface area (Å²) in [5, 5.41) is 0.943. The van der Waals surface area contributed by atoms with Crippen LogP contribution in [0.15, 0.2) is 30.5 Å². The predicted octanol–water partition coefficient (Wildman–Crippen LogP) is 0.0664. The van der Waals surface area contributed by atoms with Crippen molar-refractivity contribution in [3.8, 4) is 0 Å². The highest BCUT2D eigenvalue weighted by Crippen LogP contribution is 2.35. The number of esters is 1. The maximum Gasteiger partial charge on any atom is 1.00 e. The highest BCUT2D eigenvalue weighted by atomic mass is 35.5. The summed E-state index contributed by atoms with van der Waals surface area (Å²) >= 11 is 0. The van der Waals surface area contributed by atoms with Crippen LogP contribution >= 0.6 is 0 Å². The van der Waals surface area contributed by atoms with E-state index in [2.05, 4.69) is 16.9 Å². The topological polar surface area (TPSA) is 45.3 Å². The van der Waals surface area contributed by atoms with Crippen molar-refractivity contribution in [2.45, 2.75) is 43.9 Å². The van der Waals surface area contributed by atoms with Crippen LogP contribution in [-0.4, -0.2) is 41.1 Å². The molecule has 0 spiro atoms. The first-order valence-corrected chi connectivity index (χ1v) is 7.71. The molecular weight excluding hydrogens is 300 g/mol. The summed E-state index contributed by atoms with van der Waals surface area (Å²) in [6, 6.07) is 9.02. The number of H-pyrrole nitrogens is 1. The highest BCUT2D eigenvalue weighted by Gasteiger charge is 2.40. The van der Waals surface area contributed by atoms with Crippen molar-refractivity contribution in [3.63, 3.8) is 0 Å². The van der Waals surface area contributed by atoms with Crippen LogP contribution in [0.2, 0.25) is 0 Å². The minimum atomic E-state index is -0.193. The molecule has 2 aromatic rings. The minimum Gasteiger partial charge on any atom is -1.00 e. The summed E-state index contributed by atoms with van der Waals surface area (Å²) < 4.78 is 5.79. The lowest BCUT2D eigenvalue weighted by molar-refractivity contribution is -0.00106. The standard InChI is InChI=1S/C17H20N2O2.ClH/c1-19-11-6-7-12(19)9-13(8-11)21-17(20)15-10-18-16-5-3-2-4-14(15)16;/h2-5,10-13,18H,6-9H2,1H3;1H/t11-,12+,13?;. The van der Waals surface area contributed by atoms with Crippen LogP contribution in [0.25, 0.3) is 10.9 Å². The Morgan fingerprint density at radius 2 is 1.95 bits per heavy atom. The molecule has 3 heterocycles. The zero-order chi connectivity index (χ0) is 14.4. The number of carbonyl (C=O) groups is 1. The number of halogens is 1. The average Bonchev–Trinajstić information content (AvgIpc) is 2.98. The van der Waals surface area contributed by atoms with Crippen LogP contribution in [0, 0.1) is 0 Å². The van der Waals surface area contributed by atoms with Gasteiger partial charge < -0.3 is 27.0 Å². The van der Waals surface area contributed by atoms with Gasteiger partial charge in [0.05, 0.1) is 5.56 Å². The van der Waals surface area contributed by atoms with Crippen LogP contribution in [0.1, 0.15) is 37.5 Å². The van der Waals surface area contributed by atoms with Crippen LogP contribution in [0.5, 0.6) is 0 Å². The molecule has 4 nitrogen and oxygen atoms in total. The van der Waals surface area contributed by atoms with Gasteiger partial charge in [-0.2, -0.15) is 0 Å². The van der Waals surface area contributed by atoms with Crippen molar-refractivity contribution in [2.75, 3.05) is 7.05 Å². The largest absolute Gasteiger partial charge is 1.00 e. The molecule has 2 saturated heterocycles. The summed E-state index contributed by atoms with van der Waals surface area (Å²) in [7, 11) is 2.19. The number of nitrogens with zero attached hydrogens (tertiary/aromatic N) is 1. The lowest BCUT2D eigenvalue weighted by Gasteiger charge is -2.35. The highest BCUT2D eigenvalue weighted by molar-refractivity contribution is 6.04. The van der Waals surface area contributed by atoms with Gasteiger partial charge >= 0.3 is 7.40 Å². The van der Waals surface area contributed by atoms with Crippen LogP contribution in [0.3, 0.4) is 0 Å². The summed E-state index contributed by atoms with van der Waals surface area (Å²) in [5.74, 6) is -0.193. The number of aromatic amines is 1. The smallest absolute Gasteiger partial charge is 1.00 e. The summed E-state index contributed by atoms with van der Waals surface area (Å²) in [4.78, 5) is 18.0. The van der Waals surface area contributed by atoms with Crippen molar-refractivity contribution in [1.29, 1.82) is 0 Å². The summed E-state index contributed by atoms with van der Waals surface area (Å²) in [6.45, 7) is 0. The van der Waals surface area contributed by atoms with Gasteiger partial charge in [-0.1, -0.05) is 18.2 Å². The van der Waals surface area contributed by atoms with Crippen molar-refractivity contribution in [3.05, 3.63) is 36.0 Å². The molecule has 2 aliphatic rings. The number of para-hydroxylation sites is 1. The quantitative estimate of drug-likeness (QED) is 0.796. The zero-order valence-electron chi connectivity index (χ0n) is 13.6. The van der Waals surface area contributed by atoms with Crippen LogP contribution in [0.4, 0.5) is 0 Å². The second-order valence-corrected chi connectivity index (χ2v) is 6.30. The first-order valence-electron chi connectivity index (χ1n) is 7.71. The number of ether oxygens (including phenoxy) is 1. The Hall–Kier alpha value is -1.52. The minimum absolute atomic E-state index is 0. The molecule has 1 unspecified atom stereocenters. The van der Waals surface area contributed by atoms with E-state index in [1.807, 2.05) is 24.3 Å². The SMILES string of the molecule is CN1[C@@H]2CC[C@H]1CC(OC(=O)c1c[nH]c3ccccc13)C2.[Cl-].[H+]. The first kappa shape index (κ1) is 15.4. The van der Waals surface area contributed by atoms with Crippen molar-refractivity contribution < 1.29 is 23.4 Å². The molecule has 4 rings (SSSR count). The van der Waals surface area contributed by atoms with E-state index in [-0.39, 0.29) is 25.9 Å². The van der Waals surface area contributed by atoms with Crippen molar-refractivity contribution in [1.82, 2.24) is 9.88 Å². The third-order valence-electron chi connectivity index (χ3n) is 5.14. The first-order chi connectivity index (χ1) is 10.2. The fourth-order valence-electron chi connectivity index (χ4n) is 3.91. The molecule has 2 aliphatic heterocycles. The fraction of sp³-hybridized carbons (Fsp3) is 0.471. The molecular formula is C17H21ClN2O2. The number of rotatable bonds is 2. The van der Waals surface area contributed by atoms with Gasteiger partial charge in [0.2, 0.25) is 0 Å². The number of hydrogen-bond donors (Lipinski definition) is 1. The summed E-state index contributed by atoms with van der Waals surface area (Å²) in [6.07, 6.45) is 6.25. The van der Waals surface area contributed by atoms with Crippen LogP contribution in [-0.2, 0) is 4.74 Å². The van der Waals surface area contributed by atoms with Crippen LogP contribution < -0.4 is 12.4 Å². The Morgan fingerprint density at radius 3 is 2.68 bits per heavy atom. The number of piperidine rings is 1. The number of benzene rings is 1. The molecule has 1 aromatic heterocycles. The van der Waals surface area contributed by atoms with Gasteiger partial charge in [0.1, 0.15) is 6.10 Å². The van der Waals surface area contributed by atoms with Gasteiger partial charge in [0, 0.05) is 42.0 Å². The molecule has 2 bridgehead atoms. The van der Waals surface area contributed by atoms with Gasteiger partial charge in [-0.15, -0.1) is 0 Å². The number of fused-ring (bicyclic) bond motifs is 3. The Kier molecular flexibility index (Phi) is 4.15. The van der Waals surface area contributed by atoms with Crippen molar-refractivity contribution >= 4 is 16.9 Å². The Morgan fingerprint density at radius 1 is 1.27 bits per heavy atom. The second kappa shape index (κ2) is 5.94. The Bertz CT molecular complexity index is 676. The second-order valence-electron chi connectivity index (χ2n) is 6.30. The zero-order valence-corrected chi connectivity index (χ0v) is 13.3. The van der Waals surface area contributed by atoms with E-state index in [4.69, 9.17) is 4.74 Å². The fourth-order valence-corrected chi connectivity index (χ4v) is 3.91. The third kappa shape index (κ3) is 2.50. The van der Waals surface area contributed by atoms with E-state index < -0.39 is 0 Å². The van der Waals surface area contributed by atoms with Gasteiger partial charge in [-0.05, 0) is 26.0 Å². The molecule has 0 aliphatic carbocycles. The molecule has 22 heavy (non-hydrogen) atoms. The lowest BCUT2D eigenvalue weighted by Crippen LogP contribution is -3.00. The third-order valence-corrected chi connectivity index (χ3v) is 5.14. The molecule has 1 N–H and O–H groups in total. The van der Waals surface area contributed by atoms with E-state index in [1.54, 1.807) is 6.20 Å². The number of carbonyl (C=O) groups excluding carboxylic acids is 1. The number of hydrogen-bond acceptors (Lipinski definition) is 3. The molecule has 118 valence electrons. The van der Waals surface area contributed by atoms with E-state index in [9.17, 15) is 4.79 Å². The summed E-state index contributed by atoms with van der Waals surface area (Å²) in [5.41, 5.74) is 1.63. The van der Waals surface area contributed by atoms with Gasteiger partial charge in [0.25, 0.3) is 0 Å². The number of aromatic nitrogens is 1. The average molecular weight is 321 g/mol. The van der Waals surface area contributed by atoms with Gasteiger partial charge in [-0.3, -0.25) is 0 Å². The molecule has 0 amide bonds. The Labute approximate surface area is 137 Å². The maximum atomic E-state index is 12.4. The predicted molar refractivity (Wildman–Crippen MR) is 82.4 cm³/mol. The van der Waals surface area contributed by atoms with E-state index in [1.165, 1.54) is 12.8 Å². The monoisotopic (exact) mass is 320 g/mol. The van der Waals surface area contributed by atoms with Crippen molar-refractivity contribution in [2.24, 2.45) is 0 Å². The van der Waals surface area contributed by atoms with E-state index >= 15 is 0 Å². The number of nitrogens with one attached hydrogen (secondary N) is 1. The van der Waals surface area contributed by atoms with Gasteiger partial charge in [-0.25, -0.2) is 4.79 Å².